The molecule has 2 N–H and O–H groups in total. The molecule has 0 aliphatic heterocycles. The molecule has 1 aromatic carbocycles. The summed E-state index contributed by atoms with van der Waals surface area (Å²) in [5.74, 6) is 2.44. The number of halogens is 1. The Hall–Kier alpha value is -1.26. The van der Waals surface area contributed by atoms with Crippen molar-refractivity contribution in [3.63, 3.8) is 0 Å². The summed E-state index contributed by atoms with van der Waals surface area (Å²) in [4.78, 5) is 6.52. The molecule has 0 aliphatic rings. The monoisotopic (exact) mass is 494 g/mol. The van der Waals surface area contributed by atoms with Gasteiger partial charge >= 0.3 is 0 Å². The van der Waals surface area contributed by atoms with Crippen LogP contribution in [0.3, 0.4) is 0 Å². The van der Waals surface area contributed by atoms with Crippen LogP contribution < -0.4 is 20.1 Å². The predicted molar refractivity (Wildman–Crippen MR) is 122 cm³/mol. The van der Waals surface area contributed by atoms with Gasteiger partial charge in [0.2, 0.25) is 0 Å². The van der Waals surface area contributed by atoms with Crippen molar-refractivity contribution in [2.75, 3.05) is 67.7 Å². The first-order valence-electron chi connectivity index (χ1n) is 9.08. The van der Waals surface area contributed by atoms with Crippen LogP contribution in [0, 0.1) is 0 Å². The van der Waals surface area contributed by atoms with E-state index in [1.165, 1.54) is 0 Å². The Morgan fingerprint density at radius 1 is 1.04 bits per heavy atom. The largest absolute Gasteiger partial charge is 0.497 e. The number of nitrogens with one attached hydrogen (secondary N) is 2. The molecule has 1 rings (SSSR count). The molecular formula is C19H35IN4O3. The van der Waals surface area contributed by atoms with Gasteiger partial charge in [-0.1, -0.05) is 6.07 Å². The molecule has 0 radical (unpaired) electrons. The molecule has 0 heterocycles. The van der Waals surface area contributed by atoms with E-state index < -0.39 is 0 Å². The summed E-state index contributed by atoms with van der Waals surface area (Å²) in [6.45, 7) is 5.08. The standard InChI is InChI=1S/C19H34N4O3.HI/c1-20-19(22-11-13-23(2)12-7-14-24-3)21-10-6-15-26-18-9-5-8-17(16-18)25-4;/h5,8-9,16H,6-7,10-15H2,1-4H3,(H2,20,21,22);1H. The first kappa shape index (κ1) is 25.7. The number of aliphatic imine (C=N–C) groups is 1. The van der Waals surface area contributed by atoms with E-state index in [1.807, 2.05) is 24.3 Å². The van der Waals surface area contributed by atoms with Crippen LogP contribution >= 0.6 is 24.0 Å². The maximum atomic E-state index is 5.73. The number of likely N-dealkylation sites (N-methyl/N-ethyl adjacent to an activating group) is 1. The van der Waals surface area contributed by atoms with Crippen LogP contribution in [0.25, 0.3) is 0 Å². The number of methoxy groups -OCH3 is 2. The Balaban J connectivity index is 0.00000676. The molecule has 0 aromatic heterocycles. The van der Waals surface area contributed by atoms with Gasteiger partial charge in [-0.15, -0.1) is 24.0 Å². The minimum absolute atomic E-state index is 0. The van der Waals surface area contributed by atoms with Gasteiger partial charge in [0, 0.05) is 53.0 Å². The highest BCUT2D eigenvalue weighted by molar-refractivity contribution is 14.0. The van der Waals surface area contributed by atoms with Crippen LogP contribution in [0.2, 0.25) is 0 Å². The number of benzene rings is 1. The highest BCUT2D eigenvalue weighted by atomic mass is 127. The average molecular weight is 494 g/mol. The summed E-state index contributed by atoms with van der Waals surface area (Å²) in [6.07, 6.45) is 1.93. The summed E-state index contributed by atoms with van der Waals surface area (Å²) in [5, 5.41) is 6.62. The molecular weight excluding hydrogens is 459 g/mol. The Morgan fingerprint density at radius 3 is 2.48 bits per heavy atom. The fourth-order valence-electron chi connectivity index (χ4n) is 2.34. The van der Waals surface area contributed by atoms with Gasteiger partial charge in [0.1, 0.15) is 11.5 Å². The van der Waals surface area contributed by atoms with Crippen molar-refractivity contribution >= 4 is 29.9 Å². The van der Waals surface area contributed by atoms with Gasteiger partial charge < -0.3 is 29.7 Å². The highest BCUT2D eigenvalue weighted by Crippen LogP contribution is 2.18. The number of nitrogens with zero attached hydrogens (tertiary/aromatic N) is 2. The molecule has 7 nitrogen and oxygen atoms in total. The molecule has 0 aliphatic carbocycles. The molecule has 156 valence electrons. The highest BCUT2D eigenvalue weighted by Gasteiger charge is 2.01. The van der Waals surface area contributed by atoms with E-state index in [-0.39, 0.29) is 24.0 Å². The summed E-state index contributed by atoms with van der Waals surface area (Å²) in [5.41, 5.74) is 0. The zero-order valence-corrected chi connectivity index (χ0v) is 19.3. The molecule has 0 unspecified atom stereocenters. The minimum atomic E-state index is 0. The summed E-state index contributed by atoms with van der Waals surface area (Å²) < 4.78 is 16.0. The third-order valence-electron chi connectivity index (χ3n) is 3.82. The molecule has 0 saturated heterocycles. The number of hydrogen-bond acceptors (Lipinski definition) is 5. The zero-order chi connectivity index (χ0) is 19.0. The zero-order valence-electron chi connectivity index (χ0n) is 17.0. The van der Waals surface area contributed by atoms with Crippen molar-refractivity contribution in [1.82, 2.24) is 15.5 Å². The molecule has 0 saturated carbocycles. The van der Waals surface area contributed by atoms with Gasteiger partial charge in [0.25, 0.3) is 0 Å². The Labute approximate surface area is 180 Å². The topological polar surface area (TPSA) is 67.4 Å². The molecule has 0 amide bonds. The smallest absolute Gasteiger partial charge is 0.191 e. The summed E-state index contributed by atoms with van der Waals surface area (Å²) in [6, 6.07) is 7.64. The Morgan fingerprint density at radius 2 is 1.78 bits per heavy atom. The SMILES string of the molecule is CN=C(NCCCOc1cccc(OC)c1)NCCN(C)CCCOC.I. The van der Waals surface area contributed by atoms with Gasteiger partial charge in [0.05, 0.1) is 13.7 Å². The Kier molecular flexibility index (Phi) is 16.1. The van der Waals surface area contributed by atoms with Crippen LogP contribution in [0.4, 0.5) is 0 Å². The maximum Gasteiger partial charge on any atom is 0.191 e. The maximum absolute atomic E-state index is 5.73. The third kappa shape index (κ3) is 12.7. The van der Waals surface area contributed by atoms with Crippen molar-refractivity contribution < 1.29 is 14.2 Å². The molecule has 8 heteroatoms. The average Bonchev–Trinajstić information content (AvgIpc) is 2.66. The summed E-state index contributed by atoms with van der Waals surface area (Å²) in [7, 11) is 7.28. The van der Waals surface area contributed by atoms with E-state index in [4.69, 9.17) is 14.2 Å². The van der Waals surface area contributed by atoms with Crippen molar-refractivity contribution in [3.05, 3.63) is 24.3 Å². The van der Waals surface area contributed by atoms with E-state index in [0.717, 1.165) is 63.1 Å². The van der Waals surface area contributed by atoms with Crippen molar-refractivity contribution in [2.45, 2.75) is 12.8 Å². The molecule has 0 fully saturated rings. The Bertz CT molecular complexity index is 517. The number of rotatable bonds is 13. The van der Waals surface area contributed by atoms with Gasteiger partial charge in [-0.3, -0.25) is 4.99 Å². The third-order valence-corrected chi connectivity index (χ3v) is 3.82. The minimum Gasteiger partial charge on any atom is -0.497 e. The van der Waals surface area contributed by atoms with E-state index in [9.17, 15) is 0 Å². The summed E-state index contributed by atoms with van der Waals surface area (Å²) >= 11 is 0. The number of ether oxygens (including phenoxy) is 3. The van der Waals surface area contributed by atoms with E-state index in [2.05, 4.69) is 27.6 Å². The first-order valence-corrected chi connectivity index (χ1v) is 9.08. The van der Waals surface area contributed by atoms with Gasteiger partial charge in [-0.05, 0) is 32.0 Å². The lowest BCUT2D eigenvalue weighted by Crippen LogP contribution is -2.41. The second-order valence-corrected chi connectivity index (χ2v) is 5.96. The van der Waals surface area contributed by atoms with Gasteiger partial charge in [-0.25, -0.2) is 0 Å². The van der Waals surface area contributed by atoms with Crippen LogP contribution in [0.15, 0.2) is 29.3 Å². The molecule has 27 heavy (non-hydrogen) atoms. The number of guanidine groups is 1. The lowest BCUT2D eigenvalue weighted by Gasteiger charge is -2.18. The van der Waals surface area contributed by atoms with Crippen molar-refractivity contribution in [2.24, 2.45) is 4.99 Å². The van der Waals surface area contributed by atoms with E-state index in [0.29, 0.717) is 6.61 Å². The molecule has 0 bridgehead atoms. The first-order chi connectivity index (χ1) is 12.7. The fourth-order valence-corrected chi connectivity index (χ4v) is 2.34. The number of hydrogen-bond donors (Lipinski definition) is 2. The van der Waals surface area contributed by atoms with E-state index in [1.54, 1.807) is 21.3 Å². The lowest BCUT2D eigenvalue weighted by molar-refractivity contribution is 0.180. The molecule has 1 aromatic rings. The molecule has 0 atom stereocenters. The van der Waals surface area contributed by atoms with Crippen LogP contribution in [-0.2, 0) is 4.74 Å². The fraction of sp³-hybridized carbons (Fsp3) is 0.632. The second kappa shape index (κ2) is 16.9. The van der Waals surface area contributed by atoms with Gasteiger partial charge in [-0.2, -0.15) is 0 Å². The molecule has 0 spiro atoms. The normalized spacial score (nSPS) is 11.1. The predicted octanol–water partition coefficient (Wildman–Crippen LogP) is 2.22. The van der Waals surface area contributed by atoms with Crippen LogP contribution in [0.5, 0.6) is 11.5 Å². The van der Waals surface area contributed by atoms with Crippen molar-refractivity contribution in [3.8, 4) is 11.5 Å². The second-order valence-electron chi connectivity index (χ2n) is 5.96. The van der Waals surface area contributed by atoms with Crippen LogP contribution in [-0.4, -0.2) is 78.6 Å². The quantitative estimate of drug-likeness (QED) is 0.190. The van der Waals surface area contributed by atoms with Crippen molar-refractivity contribution in [1.29, 1.82) is 0 Å². The van der Waals surface area contributed by atoms with E-state index >= 15 is 0 Å². The van der Waals surface area contributed by atoms with Crippen LogP contribution in [0.1, 0.15) is 12.8 Å². The van der Waals surface area contributed by atoms with Gasteiger partial charge in [0.15, 0.2) is 5.96 Å². The lowest BCUT2D eigenvalue weighted by atomic mass is 10.3.